The van der Waals surface area contributed by atoms with Gasteiger partial charge in [-0.2, -0.15) is 0 Å². The van der Waals surface area contributed by atoms with E-state index in [9.17, 15) is 4.79 Å². The van der Waals surface area contributed by atoms with Crippen molar-refractivity contribution in [2.45, 2.75) is 6.92 Å². The third-order valence-corrected chi connectivity index (χ3v) is 9.57. The van der Waals surface area contributed by atoms with E-state index in [4.69, 9.17) is 0 Å². The molecule has 1 aliphatic rings. The highest BCUT2D eigenvalue weighted by molar-refractivity contribution is 6.37. The number of carbonyl (C=O) groups excluding carboxylic acids is 2. The van der Waals surface area contributed by atoms with Gasteiger partial charge in [0.05, 0.1) is 33.5 Å². The molecule has 0 saturated carbocycles. The minimum Gasteiger partial charge on any atom is -0.308 e. The first-order chi connectivity index (χ1) is 24.1. The highest BCUT2D eigenvalue weighted by atomic mass is 16.2. The molecule has 7 aromatic carbocycles. The summed E-state index contributed by atoms with van der Waals surface area (Å²) in [5.41, 5.74) is 10.7. The third kappa shape index (κ3) is 4.53. The van der Waals surface area contributed by atoms with Crippen LogP contribution >= 0.6 is 0 Å². The number of benzene rings is 7. The van der Waals surface area contributed by atoms with E-state index >= 15 is 4.79 Å². The van der Waals surface area contributed by atoms with Gasteiger partial charge in [0.25, 0.3) is 11.8 Å². The van der Waals surface area contributed by atoms with Crippen molar-refractivity contribution in [2.24, 2.45) is 0 Å². The Hall–Kier alpha value is -6.52. The lowest BCUT2D eigenvalue weighted by molar-refractivity contribution is 0.0926. The normalized spacial score (nSPS) is 12.6. The second-order valence-electron chi connectivity index (χ2n) is 12.5. The molecule has 0 atom stereocenters. The predicted octanol–water partition coefficient (Wildman–Crippen LogP) is 10.9. The molecule has 2 amide bonds. The molecule has 49 heavy (non-hydrogen) atoms. The van der Waals surface area contributed by atoms with Crippen LogP contribution in [0.1, 0.15) is 26.3 Å². The maximum absolute atomic E-state index is 15.1. The lowest BCUT2D eigenvalue weighted by Crippen LogP contribution is -2.30. The van der Waals surface area contributed by atoms with E-state index < -0.39 is 0 Å². The molecular formula is C45H30N2O2. The van der Waals surface area contributed by atoms with Crippen LogP contribution in [0.4, 0.5) is 5.69 Å². The Kier molecular flexibility index (Phi) is 6.63. The summed E-state index contributed by atoms with van der Waals surface area (Å²) in [6.45, 7) is 2.07. The van der Waals surface area contributed by atoms with Gasteiger partial charge in [-0.15, -0.1) is 0 Å². The number of rotatable bonds is 5. The number of carbonyl (C=O) groups is 2. The highest BCUT2D eigenvalue weighted by Gasteiger charge is 2.41. The van der Waals surface area contributed by atoms with Crippen LogP contribution in [0.2, 0.25) is 0 Å². The molecule has 0 N–H and O–H groups in total. The van der Waals surface area contributed by atoms with Crippen molar-refractivity contribution in [3.8, 4) is 39.1 Å². The lowest BCUT2D eigenvalue weighted by Gasteiger charge is -2.24. The number of fused-ring (bicyclic) bond motifs is 4. The van der Waals surface area contributed by atoms with Crippen LogP contribution in [-0.4, -0.2) is 16.4 Å². The summed E-state index contributed by atoms with van der Waals surface area (Å²) < 4.78 is 2.14. The maximum atomic E-state index is 15.1. The zero-order valence-corrected chi connectivity index (χ0v) is 26.8. The van der Waals surface area contributed by atoms with Crippen molar-refractivity contribution < 1.29 is 9.59 Å². The minimum atomic E-state index is -0.337. The average molecular weight is 631 g/mol. The van der Waals surface area contributed by atoms with Crippen LogP contribution in [-0.2, 0) is 0 Å². The molecule has 0 bridgehead atoms. The van der Waals surface area contributed by atoms with Gasteiger partial charge in [0.1, 0.15) is 0 Å². The van der Waals surface area contributed by atoms with Gasteiger partial charge in [-0.3, -0.25) is 9.59 Å². The van der Waals surface area contributed by atoms with Crippen molar-refractivity contribution in [3.05, 3.63) is 180 Å². The van der Waals surface area contributed by atoms with Crippen molar-refractivity contribution in [3.63, 3.8) is 0 Å². The first-order valence-corrected chi connectivity index (χ1v) is 16.4. The number of aromatic nitrogens is 1. The van der Waals surface area contributed by atoms with Gasteiger partial charge < -0.3 is 4.57 Å². The number of imide groups is 1. The average Bonchev–Trinajstić information content (AvgIpc) is 3.61. The summed E-state index contributed by atoms with van der Waals surface area (Å²) in [5, 5.41) is 2.19. The Labute approximate surface area is 284 Å². The SMILES string of the molecule is Cc1ccc2c3ccccc3n(-c3cccc4c3C(=O)N(c3c(-c5ccccc5)cc(-c5ccccc5)cc3-c3ccccc3)C4=O)c2c1. The minimum absolute atomic E-state index is 0.333. The number of aryl methyl sites for hydroxylation is 1. The van der Waals surface area contributed by atoms with Crippen LogP contribution in [0.15, 0.2) is 164 Å². The predicted molar refractivity (Wildman–Crippen MR) is 199 cm³/mol. The Morgan fingerprint density at radius 2 is 1.00 bits per heavy atom. The summed E-state index contributed by atoms with van der Waals surface area (Å²) in [6.07, 6.45) is 0. The first-order valence-electron chi connectivity index (χ1n) is 16.4. The van der Waals surface area contributed by atoms with Crippen molar-refractivity contribution in [2.75, 3.05) is 4.90 Å². The van der Waals surface area contributed by atoms with E-state index in [0.29, 0.717) is 22.5 Å². The van der Waals surface area contributed by atoms with Crippen LogP contribution in [0.3, 0.4) is 0 Å². The number of nitrogens with zero attached hydrogens (tertiary/aromatic N) is 2. The Morgan fingerprint density at radius 1 is 0.429 bits per heavy atom. The Morgan fingerprint density at radius 3 is 1.65 bits per heavy atom. The first kappa shape index (κ1) is 28.7. The second kappa shape index (κ2) is 11.3. The Bertz CT molecular complexity index is 2530. The molecule has 8 aromatic rings. The molecule has 0 unspecified atom stereocenters. The van der Waals surface area contributed by atoms with Crippen LogP contribution in [0.25, 0.3) is 60.9 Å². The number of hydrogen-bond donors (Lipinski definition) is 0. The Balaban J connectivity index is 1.32. The van der Waals surface area contributed by atoms with Crippen LogP contribution in [0, 0.1) is 6.92 Å². The quantitative estimate of drug-likeness (QED) is 0.178. The maximum Gasteiger partial charge on any atom is 0.268 e. The van der Waals surface area contributed by atoms with Gasteiger partial charge in [0, 0.05) is 21.9 Å². The molecular weight excluding hydrogens is 601 g/mol. The lowest BCUT2D eigenvalue weighted by atomic mass is 9.90. The monoisotopic (exact) mass is 630 g/mol. The molecule has 2 heterocycles. The molecule has 0 saturated heterocycles. The fourth-order valence-electron chi connectivity index (χ4n) is 7.35. The zero-order valence-electron chi connectivity index (χ0n) is 26.8. The smallest absolute Gasteiger partial charge is 0.268 e. The second-order valence-corrected chi connectivity index (χ2v) is 12.5. The fourth-order valence-corrected chi connectivity index (χ4v) is 7.35. The molecule has 0 radical (unpaired) electrons. The molecule has 4 heteroatoms. The van der Waals surface area contributed by atoms with Crippen molar-refractivity contribution in [1.29, 1.82) is 0 Å². The van der Waals surface area contributed by atoms with Crippen molar-refractivity contribution >= 4 is 39.3 Å². The summed E-state index contributed by atoms with van der Waals surface area (Å²) >= 11 is 0. The molecule has 9 rings (SSSR count). The largest absolute Gasteiger partial charge is 0.308 e. The third-order valence-electron chi connectivity index (χ3n) is 9.57. The fraction of sp³-hybridized carbons (Fsp3) is 0.0222. The van der Waals surface area contributed by atoms with Gasteiger partial charge in [-0.05, 0) is 71.1 Å². The number of hydrogen-bond acceptors (Lipinski definition) is 2. The standard InChI is InChI=1S/C45H30N2O2/c1-29-24-25-35-34-20-11-12-22-39(34)46(41(35)26-29)40-23-13-21-36-42(40)45(49)47(44(36)48)43-37(31-16-7-3-8-17-31)27-33(30-14-5-2-6-15-30)28-38(43)32-18-9-4-10-19-32/h2-28H,1H3. The van der Waals surface area contributed by atoms with Gasteiger partial charge >= 0.3 is 0 Å². The van der Waals surface area contributed by atoms with Gasteiger partial charge in [0.2, 0.25) is 0 Å². The summed E-state index contributed by atoms with van der Waals surface area (Å²) in [4.78, 5) is 31.2. The number of para-hydroxylation sites is 1. The summed E-state index contributed by atoms with van der Waals surface area (Å²) in [6, 6.07) is 54.7. The van der Waals surface area contributed by atoms with Crippen LogP contribution < -0.4 is 4.90 Å². The van der Waals surface area contributed by atoms with Gasteiger partial charge in [-0.1, -0.05) is 127 Å². The molecule has 1 aliphatic heterocycles. The van der Waals surface area contributed by atoms with E-state index in [2.05, 4.69) is 66.1 Å². The molecule has 0 spiro atoms. The zero-order chi connectivity index (χ0) is 33.1. The molecule has 0 fully saturated rings. The summed E-state index contributed by atoms with van der Waals surface area (Å²) in [7, 11) is 0. The van der Waals surface area contributed by atoms with E-state index in [1.807, 2.05) is 103 Å². The summed E-state index contributed by atoms with van der Waals surface area (Å²) in [5.74, 6) is -0.670. The topological polar surface area (TPSA) is 42.3 Å². The molecule has 1 aromatic heterocycles. The van der Waals surface area contributed by atoms with Gasteiger partial charge in [-0.25, -0.2) is 4.90 Å². The van der Waals surface area contributed by atoms with Crippen LogP contribution in [0.5, 0.6) is 0 Å². The van der Waals surface area contributed by atoms with E-state index in [1.165, 1.54) is 4.90 Å². The molecule has 0 aliphatic carbocycles. The molecule has 232 valence electrons. The highest BCUT2D eigenvalue weighted by Crippen LogP contribution is 2.46. The number of amides is 2. The molecule has 4 nitrogen and oxygen atoms in total. The van der Waals surface area contributed by atoms with Crippen molar-refractivity contribution in [1.82, 2.24) is 4.57 Å². The van der Waals surface area contributed by atoms with E-state index in [1.54, 1.807) is 6.07 Å². The van der Waals surface area contributed by atoms with E-state index in [-0.39, 0.29) is 11.8 Å². The number of anilines is 1. The van der Waals surface area contributed by atoms with E-state index in [0.717, 1.165) is 60.8 Å². The van der Waals surface area contributed by atoms with Gasteiger partial charge in [0.15, 0.2) is 0 Å².